The van der Waals surface area contributed by atoms with Crippen molar-refractivity contribution in [2.45, 2.75) is 13.0 Å². The molecule has 0 N–H and O–H groups in total. The highest BCUT2D eigenvalue weighted by atomic mass is 35.5. The van der Waals surface area contributed by atoms with Gasteiger partial charge in [0.1, 0.15) is 17.5 Å². The first kappa shape index (κ1) is 17.2. The molecule has 0 saturated heterocycles. The number of hydrogen-bond acceptors (Lipinski definition) is 6. The second-order valence-corrected chi connectivity index (χ2v) is 6.40. The van der Waals surface area contributed by atoms with Gasteiger partial charge in [0.25, 0.3) is 0 Å². The fraction of sp³-hybridized carbons (Fsp3) is 0.158. The summed E-state index contributed by atoms with van der Waals surface area (Å²) in [5.41, 5.74) is 2.22. The van der Waals surface area contributed by atoms with Crippen molar-refractivity contribution < 1.29 is 9.26 Å². The standard InChI is InChI=1S/C19H16ClN5O2/c1-12(16-11-17(27-24-16)13-6-5-7-14(20)10-13)26-19-23-22-18(25(19)2)15-8-3-4-9-21-15/h3-12H,1-2H3/t12-/m1/s1. The Kier molecular flexibility index (Phi) is 4.60. The van der Waals surface area contributed by atoms with Gasteiger partial charge in [-0.05, 0) is 31.2 Å². The van der Waals surface area contributed by atoms with Crippen LogP contribution in [-0.2, 0) is 7.05 Å². The molecule has 0 bridgehead atoms. The van der Waals surface area contributed by atoms with Crippen LogP contribution in [0, 0.1) is 0 Å². The Morgan fingerprint density at radius 3 is 2.78 bits per heavy atom. The van der Waals surface area contributed by atoms with E-state index in [0.717, 1.165) is 11.3 Å². The van der Waals surface area contributed by atoms with Crippen molar-refractivity contribution in [2.24, 2.45) is 7.05 Å². The van der Waals surface area contributed by atoms with Gasteiger partial charge < -0.3 is 9.26 Å². The first-order chi connectivity index (χ1) is 13.1. The average Bonchev–Trinajstić information content (AvgIpc) is 3.31. The molecule has 27 heavy (non-hydrogen) atoms. The number of aromatic nitrogens is 5. The smallest absolute Gasteiger partial charge is 0.317 e. The van der Waals surface area contributed by atoms with Crippen molar-refractivity contribution in [1.29, 1.82) is 0 Å². The predicted molar refractivity (Wildman–Crippen MR) is 100 cm³/mol. The van der Waals surface area contributed by atoms with Gasteiger partial charge in [0.15, 0.2) is 11.6 Å². The van der Waals surface area contributed by atoms with Gasteiger partial charge in [-0.3, -0.25) is 9.55 Å². The van der Waals surface area contributed by atoms with Crippen LogP contribution in [0.4, 0.5) is 0 Å². The van der Waals surface area contributed by atoms with Crippen LogP contribution in [0.2, 0.25) is 5.02 Å². The summed E-state index contributed by atoms with van der Waals surface area (Å²) in [4.78, 5) is 4.29. The molecule has 3 aromatic heterocycles. The van der Waals surface area contributed by atoms with Gasteiger partial charge in [0.05, 0.1) is 0 Å². The lowest BCUT2D eigenvalue weighted by Gasteiger charge is -2.10. The molecule has 7 nitrogen and oxygen atoms in total. The largest absolute Gasteiger partial charge is 0.454 e. The van der Waals surface area contributed by atoms with Crippen LogP contribution < -0.4 is 4.74 Å². The highest BCUT2D eigenvalue weighted by Crippen LogP contribution is 2.27. The van der Waals surface area contributed by atoms with Gasteiger partial charge in [-0.25, -0.2) is 0 Å². The lowest BCUT2D eigenvalue weighted by atomic mass is 10.1. The van der Waals surface area contributed by atoms with Crippen LogP contribution in [0.3, 0.4) is 0 Å². The number of hydrogen-bond donors (Lipinski definition) is 0. The molecule has 3 heterocycles. The Labute approximate surface area is 160 Å². The molecule has 0 spiro atoms. The van der Waals surface area contributed by atoms with Crippen molar-refractivity contribution >= 4 is 11.6 Å². The number of ether oxygens (including phenoxy) is 1. The summed E-state index contributed by atoms with van der Waals surface area (Å²) in [7, 11) is 1.83. The van der Waals surface area contributed by atoms with Crippen molar-refractivity contribution in [3.05, 3.63) is 65.4 Å². The summed E-state index contributed by atoms with van der Waals surface area (Å²) in [6.45, 7) is 1.87. The zero-order valence-electron chi connectivity index (χ0n) is 14.7. The molecule has 0 aliphatic heterocycles. The summed E-state index contributed by atoms with van der Waals surface area (Å²) in [5.74, 6) is 1.24. The Morgan fingerprint density at radius 2 is 2.00 bits per heavy atom. The lowest BCUT2D eigenvalue weighted by molar-refractivity contribution is 0.190. The molecule has 136 valence electrons. The molecule has 0 amide bonds. The minimum Gasteiger partial charge on any atom is -0.454 e. The quantitative estimate of drug-likeness (QED) is 0.512. The maximum atomic E-state index is 6.03. The number of benzene rings is 1. The SMILES string of the molecule is C[C@@H](Oc1nnc(-c2ccccn2)n1C)c1cc(-c2cccc(Cl)c2)on1. The maximum Gasteiger partial charge on any atom is 0.317 e. The molecular formula is C19H16ClN5O2. The van der Waals surface area contributed by atoms with Crippen LogP contribution in [0.1, 0.15) is 18.7 Å². The molecule has 0 aliphatic carbocycles. The van der Waals surface area contributed by atoms with E-state index in [9.17, 15) is 0 Å². The first-order valence-corrected chi connectivity index (χ1v) is 8.69. The van der Waals surface area contributed by atoms with Gasteiger partial charge in [0.2, 0.25) is 0 Å². The van der Waals surface area contributed by atoms with Crippen molar-refractivity contribution in [3.8, 4) is 28.9 Å². The number of pyridine rings is 1. The molecule has 8 heteroatoms. The van der Waals surface area contributed by atoms with Gasteiger partial charge in [-0.15, -0.1) is 5.10 Å². The molecule has 4 aromatic rings. The fourth-order valence-electron chi connectivity index (χ4n) is 2.61. The first-order valence-electron chi connectivity index (χ1n) is 8.32. The summed E-state index contributed by atoms with van der Waals surface area (Å²) in [6.07, 6.45) is 1.33. The Bertz CT molecular complexity index is 1060. The number of halogens is 1. The van der Waals surface area contributed by atoms with Gasteiger partial charge in [-0.1, -0.05) is 40.1 Å². The molecule has 1 aromatic carbocycles. The third-order valence-corrected chi connectivity index (χ3v) is 4.30. The van der Waals surface area contributed by atoms with E-state index in [1.165, 1.54) is 0 Å². The van der Waals surface area contributed by atoms with Crippen LogP contribution in [0.15, 0.2) is 59.3 Å². The van der Waals surface area contributed by atoms with Crippen LogP contribution in [0.5, 0.6) is 6.01 Å². The normalized spacial score (nSPS) is 12.1. The van der Waals surface area contributed by atoms with Crippen LogP contribution in [-0.4, -0.2) is 24.9 Å². The average molecular weight is 382 g/mol. The highest BCUT2D eigenvalue weighted by molar-refractivity contribution is 6.30. The summed E-state index contributed by atoms with van der Waals surface area (Å²) in [6, 6.07) is 15.2. The molecule has 1 atom stereocenters. The zero-order chi connectivity index (χ0) is 18.8. The molecular weight excluding hydrogens is 366 g/mol. The molecule has 4 rings (SSSR count). The third-order valence-electron chi connectivity index (χ3n) is 4.07. The van der Waals surface area contributed by atoms with Crippen LogP contribution >= 0.6 is 11.6 Å². The summed E-state index contributed by atoms with van der Waals surface area (Å²) < 4.78 is 13.1. The topological polar surface area (TPSA) is 78.9 Å². The maximum absolute atomic E-state index is 6.03. The zero-order valence-corrected chi connectivity index (χ0v) is 15.5. The highest BCUT2D eigenvalue weighted by Gasteiger charge is 2.19. The van der Waals surface area contributed by atoms with Gasteiger partial charge in [0, 0.05) is 29.9 Å². The second-order valence-electron chi connectivity index (χ2n) is 5.97. The van der Waals surface area contributed by atoms with E-state index in [1.54, 1.807) is 16.8 Å². The Balaban J connectivity index is 1.53. The Hall–Kier alpha value is -3.19. The van der Waals surface area contributed by atoms with E-state index in [2.05, 4.69) is 20.3 Å². The summed E-state index contributed by atoms with van der Waals surface area (Å²) >= 11 is 6.03. The van der Waals surface area contributed by atoms with E-state index >= 15 is 0 Å². The van der Waals surface area contributed by atoms with E-state index in [1.807, 2.05) is 56.4 Å². The fourth-order valence-corrected chi connectivity index (χ4v) is 2.80. The van der Waals surface area contributed by atoms with E-state index in [-0.39, 0.29) is 6.10 Å². The minimum atomic E-state index is -0.374. The molecule has 0 unspecified atom stereocenters. The van der Waals surface area contributed by atoms with E-state index in [4.69, 9.17) is 20.9 Å². The van der Waals surface area contributed by atoms with Crippen molar-refractivity contribution in [2.75, 3.05) is 0 Å². The van der Waals surface area contributed by atoms with Crippen molar-refractivity contribution in [3.63, 3.8) is 0 Å². The molecule has 0 saturated carbocycles. The molecule has 0 radical (unpaired) electrons. The Morgan fingerprint density at radius 1 is 1.11 bits per heavy atom. The number of rotatable bonds is 5. The predicted octanol–water partition coefficient (Wildman–Crippen LogP) is 4.33. The molecule has 0 aliphatic rings. The monoisotopic (exact) mass is 381 g/mol. The number of nitrogens with zero attached hydrogens (tertiary/aromatic N) is 5. The van der Waals surface area contributed by atoms with E-state index in [0.29, 0.717) is 28.3 Å². The van der Waals surface area contributed by atoms with Gasteiger partial charge >= 0.3 is 6.01 Å². The summed E-state index contributed by atoms with van der Waals surface area (Å²) in [5, 5.41) is 13.0. The van der Waals surface area contributed by atoms with Crippen LogP contribution in [0.25, 0.3) is 22.8 Å². The molecule has 0 fully saturated rings. The minimum absolute atomic E-state index is 0.371. The van der Waals surface area contributed by atoms with E-state index < -0.39 is 0 Å². The second kappa shape index (κ2) is 7.20. The lowest BCUT2D eigenvalue weighted by Crippen LogP contribution is -2.07. The van der Waals surface area contributed by atoms with Gasteiger partial charge in [-0.2, -0.15) is 0 Å². The third kappa shape index (κ3) is 3.54. The van der Waals surface area contributed by atoms with Crippen molar-refractivity contribution in [1.82, 2.24) is 24.9 Å².